The van der Waals surface area contributed by atoms with Crippen LogP contribution in [0.3, 0.4) is 0 Å². The van der Waals surface area contributed by atoms with Crippen LogP contribution in [0.25, 0.3) is 0 Å². The maximum atomic E-state index is 13.9. The average molecular weight is 390 g/mol. The molecule has 1 aromatic heterocycles. The molecule has 26 heavy (non-hydrogen) atoms. The van der Waals surface area contributed by atoms with E-state index in [1.165, 1.54) is 18.2 Å². The number of halogens is 2. The first-order chi connectivity index (χ1) is 12.4. The van der Waals surface area contributed by atoms with Gasteiger partial charge in [-0.15, -0.1) is 11.3 Å². The SMILES string of the molecule is NC(=O)c1c(Nc2ccccc2F)sc(C(=O)c2ccc(Cl)cc2)c1N. The summed E-state index contributed by atoms with van der Waals surface area (Å²) in [5, 5.41) is 3.48. The van der Waals surface area contributed by atoms with Crippen LogP contribution in [0.2, 0.25) is 5.02 Å². The summed E-state index contributed by atoms with van der Waals surface area (Å²) in [6.45, 7) is 0. The van der Waals surface area contributed by atoms with Gasteiger partial charge in [0.15, 0.2) is 0 Å². The number of carbonyl (C=O) groups is 2. The zero-order chi connectivity index (χ0) is 18.8. The molecule has 0 radical (unpaired) electrons. The van der Waals surface area contributed by atoms with Crippen molar-refractivity contribution < 1.29 is 14.0 Å². The first-order valence-electron chi connectivity index (χ1n) is 7.42. The third-order valence-corrected chi connectivity index (χ3v) is 5.00. The highest BCUT2D eigenvalue weighted by Gasteiger charge is 2.25. The summed E-state index contributed by atoms with van der Waals surface area (Å²) in [5.41, 5.74) is 11.8. The molecule has 2 aromatic carbocycles. The van der Waals surface area contributed by atoms with E-state index in [1.54, 1.807) is 30.3 Å². The summed E-state index contributed by atoms with van der Waals surface area (Å²) < 4.78 is 13.9. The second-order valence-corrected chi connectivity index (χ2v) is 6.81. The molecule has 5 N–H and O–H groups in total. The highest BCUT2D eigenvalue weighted by atomic mass is 35.5. The summed E-state index contributed by atoms with van der Waals surface area (Å²) in [6, 6.07) is 12.2. The minimum atomic E-state index is -0.812. The van der Waals surface area contributed by atoms with Crippen molar-refractivity contribution >= 4 is 51.0 Å². The van der Waals surface area contributed by atoms with E-state index in [2.05, 4.69) is 5.32 Å². The molecule has 1 amide bonds. The molecular weight excluding hydrogens is 377 g/mol. The number of para-hydroxylation sites is 1. The van der Waals surface area contributed by atoms with E-state index in [-0.39, 0.29) is 32.6 Å². The van der Waals surface area contributed by atoms with Crippen molar-refractivity contribution in [2.45, 2.75) is 0 Å². The fourth-order valence-electron chi connectivity index (χ4n) is 2.36. The van der Waals surface area contributed by atoms with Crippen molar-refractivity contribution in [1.29, 1.82) is 0 Å². The Bertz CT molecular complexity index is 1000. The number of nitrogen functional groups attached to an aromatic ring is 1. The third kappa shape index (κ3) is 3.40. The van der Waals surface area contributed by atoms with Crippen LogP contribution in [0.15, 0.2) is 48.5 Å². The van der Waals surface area contributed by atoms with Crippen LogP contribution in [-0.4, -0.2) is 11.7 Å². The lowest BCUT2D eigenvalue weighted by molar-refractivity contribution is 0.100. The largest absolute Gasteiger partial charge is 0.397 e. The molecule has 0 atom stereocenters. The minimum Gasteiger partial charge on any atom is -0.397 e. The van der Waals surface area contributed by atoms with Gasteiger partial charge in [-0.05, 0) is 36.4 Å². The van der Waals surface area contributed by atoms with Gasteiger partial charge in [0, 0.05) is 10.6 Å². The smallest absolute Gasteiger partial charge is 0.253 e. The van der Waals surface area contributed by atoms with Crippen molar-refractivity contribution in [2.24, 2.45) is 5.73 Å². The lowest BCUT2D eigenvalue weighted by Gasteiger charge is -2.06. The number of amides is 1. The van der Waals surface area contributed by atoms with Crippen LogP contribution < -0.4 is 16.8 Å². The number of primary amides is 1. The highest BCUT2D eigenvalue weighted by Crippen LogP contribution is 2.39. The van der Waals surface area contributed by atoms with Crippen molar-refractivity contribution in [3.05, 3.63) is 75.4 Å². The number of nitrogens with one attached hydrogen (secondary N) is 1. The molecule has 0 bridgehead atoms. The Morgan fingerprint density at radius 1 is 1.08 bits per heavy atom. The van der Waals surface area contributed by atoms with Gasteiger partial charge in [0.05, 0.1) is 16.9 Å². The predicted octanol–water partition coefficient (Wildman–Crippen LogP) is 4.20. The summed E-state index contributed by atoms with van der Waals surface area (Å²) >= 11 is 6.77. The number of hydrogen-bond acceptors (Lipinski definition) is 5. The highest BCUT2D eigenvalue weighted by molar-refractivity contribution is 7.19. The van der Waals surface area contributed by atoms with Gasteiger partial charge in [0.25, 0.3) is 5.91 Å². The molecule has 3 rings (SSSR count). The molecule has 0 saturated carbocycles. The van der Waals surface area contributed by atoms with Crippen LogP contribution in [0.4, 0.5) is 20.8 Å². The molecule has 0 unspecified atom stereocenters. The Kier molecular flexibility index (Phi) is 4.92. The van der Waals surface area contributed by atoms with Crippen LogP contribution in [0.5, 0.6) is 0 Å². The Balaban J connectivity index is 2.05. The Labute approximate surface area is 157 Å². The van der Waals surface area contributed by atoms with Crippen LogP contribution in [0.1, 0.15) is 25.6 Å². The third-order valence-electron chi connectivity index (χ3n) is 3.63. The minimum absolute atomic E-state index is 0.0405. The van der Waals surface area contributed by atoms with E-state index in [0.717, 1.165) is 11.3 Å². The maximum absolute atomic E-state index is 13.9. The van der Waals surface area contributed by atoms with Gasteiger partial charge in [0.1, 0.15) is 15.7 Å². The van der Waals surface area contributed by atoms with Crippen molar-refractivity contribution in [3.63, 3.8) is 0 Å². The van der Waals surface area contributed by atoms with Crippen molar-refractivity contribution in [3.8, 4) is 0 Å². The van der Waals surface area contributed by atoms with Crippen LogP contribution >= 0.6 is 22.9 Å². The zero-order valence-corrected chi connectivity index (χ0v) is 14.8. The van der Waals surface area contributed by atoms with Gasteiger partial charge in [-0.25, -0.2) is 4.39 Å². The lowest BCUT2D eigenvalue weighted by atomic mass is 10.1. The van der Waals surface area contributed by atoms with E-state index in [0.29, 0.717) is 10.6 Å². The van der Waals surface area contributed by atoms with Gasteiger partial charge in [-0.2, -0.15) is 0 Å². The molecule has 1 heterocycles. The first kappa shape index (κ1) is 17.9. The summed E-state index contributed by atoms with van der Waals surface area (Å²) in [4.78, 5) is 24.7. The molecule has 0 saturated heterocycles. The number of rotatable bonds is 5. The first-order valence-corrected chi connectivity index (χ1v) is 8.61. The number of benzene rings is 2. The molecule has 3 aromatic rings. The van der Waals surface area contributed by atoms with E-state index in [4.69, 9.17) is 23.1 Å². The van der Waals surface area contributed by atoms with Gasteiger partial charge >= 0.3 is 0 Å². The Morgan fingerprint density at radius 3 is 2.35 bits per heavy atom. The fourth-order valence-corrected chi connectivity index (χ4v) is 3.59. The second-order valence-electron chi connectivity index (χ2n) is 5.35. The van der Waals surface area contributed by atoms with Gasteiger partial charge in [0.2, 0.25) is 5.78 Å². The molecule has 0 aliphatic carbocycles. The Morgan fingerprint density at radius 2 is 1.73 bits per heavy atom. The van der Waals surface area contributed by atoms with Crippen LogP contribution in [-0.2, 0) is 0 Å². The molecule has 8 heteroatoms. The standard InChI is InChI=1S/C18H13ClFN3O2S/c19-10-7-5-9(6-8-10)15(24)16-14(21)13(17(22)25)18(26-16)23-12-4-2-1-3-11(12)20/h1-8,23H,21H2,(H2,22,25). The van der Waals surface area contributed by atoms with Crippen molar-refractivity contribution in [1.82, 2.24) is 0 Å². The van der Waals surface area contributed by atoms with E-state index in [1.807, 2.05) is 0 Å². The molecule has 132 valence electrons. The quantitative estimate of drug-likeness (QED) is 0.569. The number of carbonyl (C=O) groups excluding carboxylic acids is 2. The summed E-state index contributed by atoms with van der Waals surface area (Å²) in [5.74, 6) is -1.71. The normalized spacial score (nSPS) is 10.5. The van der Waals surface area contributed by atoms with Crippen LogP contribution in [0, 0.1) is 5.82 Å². The number of thiophene rings is 1. The molecular formula is C18H13ClFN3O2S. The van der Waals surface area contributed by atoms with Crippen molar-refractivity contribution in [2.75, 3.05) is 11.1 Å². The van der Waals surface area contributed by atoms with E-state index >= 15 is 0 Å². The Hall–Kier alpha value is -2.90. The summed E-state index contributed by atoms with van der Waals surface area (Å²) in [7, 11) is 0. The maximum Gasteiger partial charge on any atom is 0.253 e. The van der Waals surface area contributed by atoms with E-state index < -0.39 is 11.7 Å². The molecule has 0 spiro atoms. The lowest BCUT2D eigenvalue weighted by Crippen LogP contribution is -2.14. The number of anilines is 3. The molecule has 0 aliphatic heterocycles. The number of hydrogen-bond donors (Lipinski definition) is 3. The predicted molar refractivity (Wildman–Crippen MR) is 102 cm³/mol. The zero-order valence-electron chi connectivity index (χ0n) is 13.3. The molecule has 0 fully saturated rings. The fraction of sp³-hybridized carbons (Fsp3) is 0. The van der Waals surface area contributed by atoms with Gasteiger partial charge in [-0.3, -0.25) is 9.59 Å². The number of ketones is 1. The second kappa shape index (κ2) is 7.15. The average Bonchev–Trinajstić information content (AvgIpc) is 2.93. The molecule has 0 aliphatic rings. The van der Waals surface area contributed by atoms with Gasteiger partial charge in [-0.1, -0.05) is 23.7 Å². The summed E-state index contributed by atoms with van der Waals surface area (Å²) in [6.07, 6.45) is 0. The van der Waals surface area contributed by atoms with E-state index in [9.17, 15) is 14.0 Å². The topological polar surface area (TPSA) is 98.2 Å². The number of nitrogens with two attached hydrogens (primary N) is 2. The molecule has 5 nitrogen and oxygen atoms in total. The van der Waals surface area contributed by atoms with Gasteiger partial charge < -0.3 is 16.8 Å². The monoisotopic (exact) mass is 389 g/mol.